The maximum Gasteiger partial charge on any atom is 0.251 e. The minimum Gasteiger partial charge on any atom is -0.350 e. The summed E-state index contributed by atoms with van der Waals surface area (Å²) in [4.78, 5) is 12.0. The van der Waals surface area contributed by atoms with E-state index in [4.69, 9.17) is 0 Å². The fourth-order valence-corrected chi connectivity index (χ4v) is 2.74. The van der Waals surface area contributed by atoms with Crippen LogP contribution in [0.2, 0.25) is 0 Å². The van der Waals surface area contributed by atoms with E-state index in [0.717, 1.165) is 22.2 Å². The number of hydrogen-bond donors (Lipinski definition) is 1. The van der Waals surface area contributed by atoms with Crippen LogP contribution in [-0.4, -0.2) is 24.0 Å². The van der Waals surface area contributed by atoms with Gasteiger partial charge in [-0.1, -0.05) is 15.9 Å². The zero-order valence-electron chi connectivity index (χ0n) is 10.4. The molecular formula is C13H18BrNOS. The zero-order valence-corrected chi connectivity index (χ0v) is 12.8. The number of aryl methyl sites for hydroxylation is 1. The van der Waals surface area contributed by atoms with Gasteiger partial charge in [-0.3, -0.25) is 4.79 Å². The summed E-state index contributed by atoms with van der Waals surface area (Å²) in [7, 11) is 0. The molecule has 0 fully saturated rings. The quantitative estimate of drug-likeness (QED) is 0.899. The topological polar surface area (TPSA) is 29.1 Å². The molecule has 1 aromatic carbocycles. The van der Waals surface area contributed by atoms with Crippen LogP contribution < -0.4 is 5.32 Å². The highest BCUT2D eigenvalue weighted by atomic mass is 79.9. The van der Waals surface area contributed by atoms with Crippen molar-refractivity contribution < 1.29 is 4.79 Å². The zero-order chi connectivity index (χ0) is 12.8. The number of thioether (sulfide) groups is 1. The van der Waals surface area contributed by atoms with Crippen molar-refractivity contribution in [3.05, 3.63) is 33.8 Å². The summed E-state index contributed by atoms with van der Waals surface area (Å²) in [5.74, 6) is 1.07. The summed E-state index contributed by atoms with van der Waals surface area (Å²) >= 11 is 5.21. The second kappa shape index (κ2) is 7.07. The van der Waals surface area contributed by atoms with Gasteiger partial charge in [0.2, 0.25) is 0 Å². The van der Waals surface area contributed by atoms with E-state index >= 15 is 0 Å². The lowest BCUT2D eigenvalue weighted by atomic mass is 10.1. The average Bonchev–Trinajstić information content (AvgIpc) is 2.25. The lowest BCUT2D eigenvalue weighted by Crippen LogP contribution is -2.32. The smallest absolute Gasteiger partial charge is 0.251 e. The molecule has 1 rings (SSSR count). The average molecular weight is 316 g/mol. The summed E-state index contributed by atoms with van der Waals surface area (Å²) in [5.41, 5.74) is 1.80. The normalized spacial score (nSPS) is 12.2. The van der Waals surface area contributed by atoms with Crippen LogP contribution in [0.15, 0.2) is 22.7 Å². The van der Waals surface area contributed by atoms with Gasteiger partial charge in [0.25, 0.3) is 5.91 Å². The Kier molecular flexibility index (Phi) is 6.06. The number of amides is 1. The summed E-state index contributed by atoms with van der Waals surface area (Å²) < 4.78 is 0.944. The van der Waals surface area contributed by atoms with Crippen LogP contribution in [0.5, 0.6) is 0 Å². The van der Waals surface area contributed by atoms with Crippen LogP contribution in [-0.2, 0) is 0 Å². The molecule has 0 saturated heterocycles. The molecule has 0 aliphatic rings. The Labute approximate surface area is 116 Å². The number of halogens is 1. The Balaban J connectivity index is 2.63. The summed E-state index contributed by atoms with van der Waals surface area (Å²) in [6, 6.07) is 5.97. The first-order valence-corrected chi connectivity index (χ1v) is 7.78. The van der Waals surface area contributed by atoms with E-state index in [-0.39, 0.29) is 11.9 Å². The fraction of sp³-hybridized carbons (Fsp3) is 0.462. The van der Waals surface area contributed by atoms with Gasteiger partial charge in [-0.2, -0.15) is 11.8 Å². The van der Waals surface area contributed by atoms with Crippen LogP contribution >= 0.6 is 27.7 Å². The molecule has 0 spiro atoms. The second-order valence-electron chi connectivity index (χ2n) is 4.17. The molecule has 0 radical (unpaired) electrons. The number of carbonyl (C=O) groups excluding carboxylic acids is 1. The van der Waals surface area contributed by atoms with Crippen LogP contribution in [0.4, 0.5) is 0 Å². The molecule has 0 aliphatic heterocycles. The first-order chi connectivity index (χ1) is 8.02. The lowest BCUT2D eigenvalue weighted by Gasteiger charge is -2.13. The van der Waals surface area contributed by atoms with Crippen molar-refractivity contribution in [1.29, 1.82) is 0 Å². The molecule has 4 heteroatoms. The van der Waals surface area contributed by atoms with Crippen molar-refractivity contribution in [3.63, 3.8) is 0 Å². The van der Waals surface area contributed by atoms with Crippen molar-refractivity contribution in [3.8, 4) is 0 Å². The van der Waals surface area contributed by atoms with Crippen molar-refractivity contribution in [2.45, 2.75) is 26.3 Å². The van der Waals surface area contributed by atoms with Crippen molar-refractivity contribution >= 4 is 33.6 Å². The van der Waals surface area contributed by atoms with Gasteiger partial charge >= 0.3 is 0 Å². The van der Waals surface area contributed by atoms with Gasteiger partial charge in [-0.05, 0) is 56.0 Å². The molecule has 1 atom stereocenters. The predicted octanol–water partition coefficient (Wildman–Crippen LogP) is 3.63. The van der Waals surface area contributed by atoms with Gasteiger partial charge in [-0.15, -0.1) is 0 Å². The van der Waals surface area contributed by atoms with E-state index in [0.29, 0.717) is 5.56 Å². The Morgan fingerprint density at radius 1 is 1.47 bits per heavy atom. The standard InChI is InChI=1S/C13H18BrNOS/c1-9-6-11(8-12(14)7-9)13(16)15-10(2)4-5-17-3/h6-8,10H,4-5H2,1-3H3,(H,15,16). The van der Waals surface area contributed by atoms with E-state index < -0.39 is 0 Å². The number of hydrogen-bond acceptors (Lipinski definition) is 2. The van der Waals surface area contributed by atoms with Gasteiger partial charge in [0.15, 0.2) is 0 Å². The first-order valence-electron chi connectivity index (χ1n) is 5.60. The highest BCUT2D eigenvalue weighted by molar-refractivity contribution is 9.10. The molecule has 0 heterocycles. The molecule has 1 N–H and O–H groups in total. The number of carbonyl (C=O) groups is 1. The van der Waals surface area contributed by atoms with Gasteiger partial charge < -0.3 is 5.32 Å². The largest absolute Gasteiger partial charge is 0.350 e. The van der Waals surface area contributed by atoms with E-state index in [1.165, 1.54) is 0 Å². The van der Waals surface area contributed by atoms with Gasteiger partial charge in [0.1, 0.15) is 0 Å². The highest BCUT2D eigenvalue weighted by Crippen LogP contribution is 2.15. The van der Waals surface area contributed by atoms with Crippen molar-refractivity contribution in [2.75, 3.05) is 12.0 Å². The first kappa shape index (κ1) is 14.6. The number of rotatable bonds is 5. The number of nitrogens with one attached hydrogen (secondary N) is 1. The number of benzene rings is 1. The maximum absolute atomic E-state index is 12.0. The SMILES string of the molecule is CSCCC(C)NC(=O)c1cc(C)cc(Br)c1. The molecule has 1 unspecified atom stereocenters. The molecule has 0 aliphatic carbocycles. The van der Waals surface area contributed by atoms with E-state index in [9.17, 15) is 4.79 Å². The Morgan fingerprint density at radius 2 is 2.18 bits per heavy atom. The fourth-order valence-electron chi connectivity index (χ4n) is 1.54. The minimum absolute atomic E-state index is 0.00278. The third-order valence-electron chi connectivity index (χ3n) is 2.44. The van der Waals surface area contributed by atoms with Crippen LogP contribution in [0.1, 0.15) is 29.3 Å². The van der Waals surface area contributed by atoms with Crippen LogP contribution in [0, 0.1) is 6.92 Å². The van der Waals surface area contributed by atoms with Gasteiger partial charge in [0.05, 0.1) is 0 Å². The molecule has 1 aromatic rings. The molecule has 2 nitrogen and oxygen atoms in total. The van der Waals surface area contributed by atoms with E-state index in [1.54, 1.807) is 11.8 Å². The second-order valence-corrected chi connectivity index (χ2v) is 6.07. The van der Waals surface area contributed by atoms with Gasteiger partial charge in [0, 0.05) is 16.1 Å². The minimum atomic E-state index is 0.00278. The van der Waals surface area contributed by atoms with E-state index in [1.807, 2.05) is 32.0 Å². The molecule has 0 saturated carbocycles. The molecule has 94 valence electrons. The highest BCUT2D eigenvalue weighted by Gasteiger charge is 2.10. The molecule has 0 aromatic heterocycles. The maximum atomic E-state index is 12.0. The van der Waals surface area contributed by atoms with Crippen molar-refractivity contribution in [2.24, 2.45) is 0 Å². The van der Waals surface area contributed by atoms with Crippen LogP contribution in [0.3, 0.4) is 0 Å². The monoisotopic (exact) mass is 315 g/mol. The Morgan fingerprint density at radius 3 is 2.76 bits per heavy atom. The lowest BCUT2D eigenvalue weighted by molar-refractivity contribution is 0.0939. The van der Waals surface area contributed by atoms with Crippen LogP contribution in [0.25, 0.3) is 0 Å². The summed E-state index contributed by atoms with van der Waals surface area (Å²) in [6.45, 7) is 4.03. The Hall–Kier alpha value is -0.480. The Bertz CT molecular complexity index is 375. The van der Waals surface area contributed by atoms with Crippen molar-refractivity contribution in [1.82, 2.24) is 5.32 Å². The molecule has 17 heavy (non-hydrogen) atoms. The summed E-state index contributed by atoms with van der Waals surface area (Å²) in [6.07, 6.45) is 3.08. The third-order valence-corrected chi connectivity index (χ3v) is 3.54. The molecular weight excluding hydrogens is 298 g/mol. The van der Waals surface area contributed by atoms with Gasteiger partial charge in [-0.25, -0.2) is 0 Å². The predicted molar refractivity (Wildman–Crippen MR) is 78.8 cm³/mol. The van der Waals surface area contributed by atoms with E-state index in [2.05, 4.69) is 27.5 Å². The molecule has 0 bridgehead atoms. The third kappa shape index (κ3) is 5.13. The molecule has 1 amide bonds. The summed E-state index contributed by atoms with van der Waals surface area (Å²) in [5, 5.41) is 3.01.